The molecule has 6 heteroatoms. The summed E-state index contributed by atoms with van der Waals surface area (Å²) in [5, 5.41) is 3.33. The number of hydrogen-bond acceptors (Lipinski definition) is 3. The number of aromatic nitrogens is 1. The van der Waals surface area contributed by atoms with Crippen LogP contribution in [0, 0.1) is 5.92 Å². The van der Waals surface area contributed by atoms with Crippen LogP contribution in [-0.2, 0) is 9.53 Å². The standard InChI is InChI=1S/C18H19ClN2O3/c1-11-9-12(6-8-24-11)18(23)21-15-5-4-13(19)10-14(15)17(22)16-3-2-7-20-16/h2-5,7,10-12,20H,6,8-9H2,1H3,(H,21,23). The van der Waals surface area contributed by atoms with Crippen LogP contribution >= 0.6 is 11.6 Å². The second-order valence-electron chi connectivity index (χ2n) is 5.99. The topological polar surface area (TPSA) is 71.2 Å². The molecular weight excluding hydrogens is 328 g/mol. The lowest BCUT2D eigenvalue weighted by atomic mass is 9.95. The first-order valence-electron chi connectivity index (χ1n) is 7.94. The number of rotatable bonds is 4. The lowest BCUT2D eigenvalue weighted by molar-refractivity contribution is -0.124. The predicted molar refractivity (Wildman–Crippen MR) is 92.4 cm³/mol. The Bertz CT molecular complexity index is 743. The quantitative estimate of drug-likeness (QED) is 0.830. The number of amides is 1. The van der Waals surface area contributed by atoms with Crippen molar-refractivity contribution in [1.82, 2.24) is 4.98 Å². The Morgan fingerprint density at radius 1 is 1.33 bits per heavy atom. The molecule has 2 aromatic rings. The van der Waals surface area contributed by atoms with Gasteiger partial charge in [0.25, 0.3) is 0 Å². The SMILES string of the molecule is CC1CC(C(=O)Nc2ccc(Cl)cc2C(=O)c2ccc[nH]2)CCO1. The minimum atomic E-state index is -0.210. The van der Waals surface area contributed by atoms with Gasteiger partial charge in [-0.2, -0.15) is 0 Å². The second kappa shape index (κ2) is 7.20. The molecule has 1 aliphatic heterocycles. The minimum Gasteiger partial charge on any atom is -0.378 e. The van der Waals surface area contributed by atoms with E-state index in [4.69, 9.17) is 16.3 Å². The molecule has 0 aliphatic carbocycles. The highest BCUT2D eigenvalue weighted by Crippen LogP contribution is 2.26. The molecule has 1 aliphatic rings. The Labute approximate surface area is 145 Å². The number of ketones is 1. The molecule has 2 atom stereocenters. The van der Waals surface area contributed by atoms with E-state index in [0.717, 1.165) is 0 Å². The van der Waals surface area contributed by atoms with Gasteiger partial charge in [0.2, 0.25) is 11.7 Å². The van der Waals surface area contributed by atoms with Crippen molar-refractivity contribution in [1.29, 1.82) is 0 Å². The number of hydrogen-bond donors (Lipinski definition) is 2. The number of ether oxygens (including phenoxy) is 1. The highest BCUT2D eigenvalue weighted by molar-refractivity contribution is 6.31. The fourth-order valence-corrected chi connectivity index (χ4v) is 3.07. The van der Waals surface area contributed by atoms with Crippen LogP contribution in [0.15, 0.2) is 36.5 Å². The van der Waals surface area contributed by atoms with Crippen LogP contribution in [0.25, 0.3) is 0 Å². The van der Waals surface area contributed by atoms with Crippen LogP contribution in [0.1, 0.15) is 35.8 Å². The van der Waals surface area contributed by atoms with E-state index in [2.05, 4.69) is 10.3 Å². The monoisotopic (exact) mass is 346 g/mol. The third kappa shape index (κ3) is 3.68. The number of H-pyrrole nitrogens is 1. The van der Waals surface area contributed by atoms with Crippen molar-refractivity contribution in [3.63, 3.8) is 0 Å². The van der Waals surface area contributed by atoms with Gasteiger partial charge in [-0.05, 0) is 50.1 Å². The van der Waals surface area contributed by atoms with Crippen LogP contribution in [0.2, 0.25) is 5.02 Å². The Morgan fingerprint density at radius 3 is 2.88 bits per heavy atom. The van der Waals surface area contributed by atoms with Gasteiger partial charge in [-0.25, -0.2) is 0 Å². The van der Waals surface area contributed by atoms with Crippen LogP contribution < -0.4 is 5.32 Å². The van der Waals surface area contributed by atoms with Crippen LogP contribution in [0.5, 0.6) is 0 Å². The number of nitrogens with one attached hydrogen (secondary N) is 2. The van der Waals surface area contributed by atoms with E-state index in [1.165, 1.54) is 0 Å². The average Bonchev–Trinajstić information content (AvgIpc) is 3.10. The summed E-state index contributed by atoms with van der Waals surface area (Å²) >= 11 is 6.03. The van der Waals surface area contributed by atoms with Crippen LogP contribution in [-0.4, -0.2) is 29.4 Å². The lowest BCUT2D eigenvalue weighted by Gasteiger charge is -2.26. The Morgan fingerprint density at radius 2 is 2.17 bits per heavy atom. The van der Waals surface area contributed by atoms with E-state index in [1.54, 1.807) is 36.5 Å². The summed E-state index contributed by atoms with van der Waals surface area (Å²) in [5.41, 5.74) is 1.30. The summed E-state index contributed by atoms with van der Waals surface area (Å²) in [7, 11) is 0. The number of halogens is 1. The van der Waals surface area contributed by atoms with Gasteiger partial charge in [-0.1, -0.05) is 11.6 Å². The van der Waals surface area contributed by atoms with Crippen molar-refractivity contribution < 1.29 is 14.3 Å². The maximum Gasteiger partial charge on any atom is 0.227 e. The first kappa shape index (κ1) is 16.7. The van der Waals surface area contributed by atoms with E-state index in [0.29, 0.717) is 41.4 Å². The molecule has 0 bridgehead atoms. The smallest absolute Gasteiger partial charge is 0.227 e. The van der Waals surface area contributed by atoms with Gasteiger partial charge in [-0.3, -0.25) is 9.59 Å². The van der Waals surface area contributed by atoms with Gasteiger partial charge in [0, 0.05) is 29.3 Å². The fraction of sp³-hybridized carbons (Fsp3) is 0.333. The first-order valence-corrected chi connectivity index (χ1v) is 8.32. The van der Waals surface area contributed by atoms with Crippen molar-refractivity contribution in [2.24, 2.45) is 5.92 Å². The summed E-state index contributed by atoms with van der Waals surface area (Å²) in [4.78, 5) is 28.1. The molecule has 0 radical (unpaired) electrons. The molecule has 0 spiro atoms. The number of aromatic amines is 1. The van der Waals surface area contributed by atoms with Crippen molar-refractivity contribution >= 4 is 29.0 Å². The Kier molecular flexibility index (Phi) is 5.02. The maximum absolute atomic E-state index is 12.6. The highest BCUT2D eigenvalue weighted by atomic mass is 35.5. The van der Waals surface area contributed by atoms with Crippen LogP contribution in [0.3, 0.4) is 0 Å². The normalized spacial score (nSPS) is 20.6. The Balaban J connectivity index is 1.83. The van der Waals surface area contributed by atoms with Gasteiger partial charge < -0.3 is 15.0 Å². The average molecular weight is 347 g/mol. The molecule has 5 nitrogen and oxygen atoms in total. The van der Waals surface area contributed by atoms with Gasteiger partial charge in [0.15, 0.2) is 0 Å². The van der Waals surface area contributed by atoms with Crippen molar-refractivity contribution in [3.8, 4) is 0 Å². The summed E-state index contributed by atoms with van der Waals surface area (Å²) in [6, 6.07) is 8.34. The first-order chi connectivity index (χ1) is 11.5. The second-order valence-corrected chi connectivity index (χ2v) is 6.43. The van der Waals surface area contributed by atoms with Gasteiger partial charge in [0.1, 0.15) is 0 Å². The number of carbonyl (C=O) groups excluding carboxylic acids is 2. The molecule has 3 rings (SSSR count). The summed E-state index contributed by atoms with van der Waals surface area (Å²) in [6.07, 6.45) is 3.11. The number of anilines is 1. The van der Waals surface area contributed by atoms with E-state index in [1.807, 2.05) is 6.92 Å². The van der Waals surface area contributed by atoms with Crippen LogP contribution in [0.4, 0.5) is 5.69 Å². The molecule has 2 unspecified atom stereocenters. The molecule has 2 N–H and O–H groups in total. The maximum atomic E-state index is 12.6. The molecule has 1 fully saturated rings. The molecule has 24 heavy (non-hydrogen) atoms. The zero-order chi connectivity index (χ0) is 17.1. The summed E-state index contributed by atoms with van der Waals surface area (Å²) in [5.74, 6) is -0.413. The molecule has 126 valence electrons. The zero-order valence-corrected chi connectivity index (χ0v) is 14.1. The summed E-state index contributed by atoms with van der Waals surface area (Å²) < 4.78 is 5.48. The molecule has 1 aromatic heterocycles. The fourth-order valence-electron chi connectivity index (χ4n) is 2.90. The van der Waals surface area contributed by atoms with E-state index < -0.39 is 0 Å². The van der Waals surface area contributed by atoms with Gasteiger partial charge >= 0.3 is 0 Å². The predicted octanol–water partition coefficient (Wildman–Crippen LogP) is 3.65. The molecule has 1 aromatic carbocycles. The van der Waals surface area contributed by atoms with Gasteiger partial charge in [0.05, 0.1) is 17.5 Å². The van der Waals surface area contributed by atoms with Gasteiger partial charge in [-0.15, -0.1) is 0 Å². The third-order valence-electron chi connectivity index (χ3n) is 4.18. The number of benzene rings is 1. The summed E-state index contributed by atoms with van der Waals surface area (Å²) in [6.45, 7) is 2.54. The molecule has 0 saturated carbocycles. The lowest BCUT2D eigenvalue weighted by Crippen LogP contribution is -2.32. The molecule has 1 amide bonds. The van der Waals surface area contributed by atoms with Crippen molar-refractivity contribution in [2.45, 2.75) is 25.9 Å². The number of carbonyl (C=O) groups is 2. The largest absolute Gasteiger partial charge is 0.378 e. The highest BCUT2D eigenvalue weighted by Gasteiger charge is 2.26. The zero-order valence-electron chi connectivity index (χ0n) is 13.3. The van der Waals surface area contributed by atoms with E-state index in [-0.39, 0.29) is 23.7 Å². The molecule has 2 heterocycles. The molecule has 1 saturated heterocycles. The van der Waals surface area contributed by atoms with E-state index >= 15 is 0 Å². The third-order valence-corrected chi connectivity index (χ3v) is 4.42. The van der Waals surface area contributed by atoms with E-state index in [9.17, 15) is 9.59 Å². The van der Waals surface area contributed by atoms with Crippen molar-refractivity contribution in [2.75, 3.05) is 11.9 Å². The van der Waals surface area contributed by atoms with Crippen molar-refractivity contribution in [3.05, 3.63) is 52.8 Å². The Hall–Kier alpha value is -2.11. The molecular formula is C18H19ClN2O3. The minimum absolute atomic E-state index is 0.0692.